The molecule has 2 bridgehead atoms. The van der Waals surface area contributed by atoms with E-state index in [1.807, 2.05) is 0 Å². The highest BCUT2D eigenvalue weighted by molar-refractivity contribution is 4.98. The molecular formula is C10H20N2. The Hall–Kier alpha value is -0.0800. The number of likely N-dealkylation sites (tertiary alicyclic amines) is 2. The summed E-state index contributed by atoms with van der Waals surface area (Å²) in [5.74, 6) is 0.828. The largest absolute Gasteiger partial charge is 0.301 e. The molecule has 2 atom stereocenters. The van der Waals surface area contributed by atoms with Crippen LogP contribution in [0.5, 0.6) is 0 Å². The molecule has 2 aliphatic heterocycles. The van der Waals surface area contributed by atoms with Crippen molar-refractivity contribution >= 4 is 0 Å². The van der Waals surface area contributed by atoms with Gasteiger partial charge < -0.3 is 4.90 Å². The van der Waals surface area contributed by atoms with Gasteiger partial charge in [-0.15, -0.1) is 0 Å². The fourth-order valence-electron chi connectivity index (χ4n) is 2.64. The predicted octanol–water partition coefficient (Wildman–Crippen LogP) is 1.03. The minimum absolute atomic E-state index is 0.828. The first-order valence-electron chi connectivity index (χ1n) is 5.11. The second-order valence-corrected chi connectivity index (χ2v) is 4.83. The molecule has 1 unspecified atom stereocenters. The quantitative estimate of drug-likeness (QED) is 0.607. The van der Waals surface area contributed by atoms with Gasteiger partial charge in [-0.25, -0.2) is 0 Å². The van der Waals surface area contributed by atoms with Crippen molar-refractivity contribution in [1.82, 2.24) is 9.80 Å². The molecule has 0 saturated carbocycles. The van der Waals surface area contributed by atoms with Gasteiger partial charge in [0.15, 0.2) is 0 Å². The van der Waals surface area contributed by atoms with Crippen LogP contribution in [0.1, 0.15) is 20.3 Å². The summed E-state index contributed by atoms with van der Waals surface area (Å²) in [5.41, 5.74) is 0. The van der Waals surface area contributed by atoms with Crippen molar-refractivity contribution in [2.45, 2.75) is 32.4 Å². The third-order valence-corrected chi connectivity index (χ3v) is 3.23. The molecule has 0 aromatic rings. The van der Waals surface area contributed by atoms with Crippen LogP contribution >= 0.6 is 0 Å². The summed E-state index contributed by atoms with van der Waals surface area (Å²) < 4.78 is 0. The summed E-state index contributed by atoms with van der Waals surface area (Å²) >= 11 is 0. The molecular weight excluding hydrogens is 148 g/mol. The maximum absolute atomic E-state index is 2.68. The predicted molar refractivity (Wildman–Crippen MR) is 51.2 cm³/mol. The summed E-state index contributed by atoms with van der Waals surface area (Å²) in [5, 5.41) is 0. The van der Waals surface area contributed by atoms with Crippen molar-refractivity contribution < 1.29 is 0 Å². The van der Waals surface area contributed by atoms with E-state index in [-0.39, 0.29) is 0 Å². The number of hydrogen-bond donors (Lipinski definition) is 0. The lowest BCUT2D eigenvalue weighted by Gasteiger charge is -2.32. The van der Waals surface area contributed by atoms with E-state index >= 15 is 0 Å². The van der Waals surface area contributed by atoms with E-state index in [9.17, 15) is 0 Å². The lowest BCUT2D eigenvalue weighted by atomic mass is 10.2. The van der Waals surface area contributed by atoms with Gasteiger partial charge in [-0.05, 0) is 19.4 Å². The summed E-state index contributed by atoms with van der Waals surface area (Å²) in [7, 11) is 2.26. The van der Waals surface area contributed by atoms with Crippen LogP contribution in [0.2, 0.25) is 0 Å². The first-order valence-corrected chi connectivity index (χ1v) is 5.11. The number of fused-ring (bicyclic) bond motifs is 2. The molecule has 2 rings (SSSR count). The molecule has 2 aliphatic rings. The third kappa shape index (κ3) is 1.38. The van der Waals surface area contributed by atoms with Crippen LogP contribution < -0.4 is 0 Å². The Labute approximate surface area is 75.5 Å². The highest BCUT2D eigenvalue weighted by atomic mass is 15.3. The lowest BCUT2D eigenvalue weighted by Crippen LogP contribution is -2.45. The maximum atomic E-state index is 2.68. The van der Waals surface area contributed by atoms with Gasteiger partial charge in [-0.1, -0.05) is 13.8 Å². The van der Waals surface area contributed by atoms with Crippen LogP contribution in [0.3, 0.4) is 0 Å². The molecule has 0 N–H and O–H groups in total. The second kappa shape index (κ2) is 3.00. The molecule has 12 heavy (non-hydrogen) atoms. The highest BCUT2D eigenvalue weighted by Gasteiger charge is 2.40. The van der Waals surface area contributed by atoms with Crippen LogP contribution in [0.15, 0.2) is 0 Å². The van der Waals surface area contributed by atoms with Gasteiger partial charge in [0.25, 0.3) is 0 Å². The van der Waals surface area contributed by atoms with Gasteiger partial charge in [-0.3, -0.25) is 4.90 Å². The molecule has 2 heterocycles. The summed E-state index contributed by atoms with van der Waals surface area (Å²) in [6.07, 6.45) is 1.42. The van der Waals surface area contributed by atoms with Crippen LogP contribution in [-0.2, 0) is 0 Å². The molecule has 70 valence electrons. The lowest BCUT2D eigenvalue weighted by molar-refractivity contribution is 0.137. The van der Waals surface area contributed by atoms with Crippen molar-refractivity contribution in [3.63, 3.8) is 0 Å². The molecule has 2 nitrogen and oxygen atoms in total. The van der Waals surface area contributed by atoms with Crippen LogP contribution in [0.4, 0.5) is 0 Å². The molecule has 2 saturated heterocycles. The Bertz CT molecular complexity index is 165. The van der Waals surface area contributed by atoms with Crippen molar-refractivity contribution in [2.75, 3.05) is 26.7 Å². The molecule has 0 radical (unpaired) electrons. The number of hydrogen-bond acceptors (Lipinski definition) is 2. The number of likely N-dealkylation sites (N-methyl/N-ethyl adjacent to an activating group) is 1. The second-order valence-electron chi connectivity index (χ2n) is 4.83. The van der Waals surface area contributed by atoms with E-state index in [4.69, 9.17) is 0 Å². The highest BCUT2D eigenvalue weighted by Crippen LogP contribution is 2.29. The number of rotatable bonds is 2. The molecule has 0 aromatic carbocycles. The zero-order chi connectivity index (χ0) is 8.72. The van der Waals surface area contributed by atoms with E-state index in [1.54, 1.807) is 0 Å². The van der Waals surface area contributed by atoms with E-state index in [0.29, 0.717) is 0 Å². The van der Waals surface area contributed by atoms with Crippen molar-refractivity contribution in [1.29, 1.82) is 0 Å². The summed E-state index contributed by atoms with van der Waals surface area (Å²) in [4.78, 5) is 5.19. The number of nitrogens with zero attached hydrogens (tertiary/aromatic N) is 2. The standard InChI is InChI=1S/C10H20N2/c1-8(2)5-12-7-9-4-10(12)6-11(9)3/h8-10H,4-7H2,1-3H3/t9?,10-/m1/s1. The first-order chi connectivity index (χ1) is 5.66. The zero-order valence-corrected chi connectivity index (χ0v) is 8.45. The van der Waals surface area contributed by atoms with Gasteiger partial charge in [0, 0.05) is 31.7 Å². The van der Waals surface area contributed by atoms with Gasteiger partial charge >= 0.3 is 0 Å². The Morgan fingerprint density at radius 2 is 2.00 bits per heavy atom. The Morgan fingerprint density at radius 1 is 1.25 bits per heavy atom. The average Bonchev–Trinajstić information content (AvgIpc) is 2.44. The maximum Gasteiger partial charge on any atom is 0.0239 e. The van der Waals surface area contributed by atoms with Gasteiger partial charge in [0.2, 0.25) is 0 Å². The third-order valence-electron chi connectivity index (χ3n) is 3.23. The minimum Gasteiger partial charge on any atom is -0.301 e. The van der Waals surface area contributed by atoms with Crippen LogP contribution in [0, 0.1) is 5.92 Å². The molecule has 0 aliphatic carbocycles. The Morgan fingerprint density at radius 3 is 2.42 bits per heavy atom. The van der Waals surface area contributed by atoms with Gasteiger partial charge in [0.05, 0.1) is 0 Å². The van der Waals surface area contributed by atoms with Crippen molar-refractivity contribution in [3.05, 3.63) is 0 Å². The molecule has 0 aromatic heterocycles. The molecule has 0 spiro atoms. The molecule has 2 heteroatoms. The van der Waals surface area contributed by atoms with E-state index in [1.165, 1.54) is 26.1 Å². The SMILES string of the molecule is CC(C)CN1CC2C[C@@H]1CN2C. The molecule has 2 fully saturated rings. The normalized spacial score (nSPS) is 37.0. The smallest absolute Gasteiger partial charge is 0.0239 e. The number of piperazine rings is 1. The molecule has 0 amide bonds. The zero-order valence-electron chi connectivity index (χ0n) is 8.45. The first kappa shape index (κ1) is 8.52. The van der Waals surface area contributed by atoms with Crippen molar-refractivity contribution in [3.8, 4) is 0 Å². The fourth-order valence-corrected chi connectivity index (χ4v) is 2.64. The van der Waals surface area contributed by atoms with Crippen LogP contribution in [-0.4, -0.2) is 48.6 Å². The monoisotopic (exact) mass is 168 g/mol. The van der Waals surface area contributed by atoms with Gasteiger partial charge in [0.1, 0.15) is 0 Å². The van der Waals surface area contributed by atoms with Crippen LogP contribution in [0.25, 0.3) is 0 Å². The minimum atomic E-state index is 0.828. The van der Waals surface area contributed by atoms with Crippen molar-refractivity contribution in [2.24, 2.45) is 5.92 Å². The average molecular weight is 168 g/mol. The van der Waals surface area contributed by atoms with E-state index in [2.05, 4.69) is 30.7 Å². The topological polar surface area (TPSA) is 6.48 Å². The van der Waals surface area contributed by atoms with E-state index < -0.39 is 0 Å². The summed E-state index contributed by atoms with van der Waals surface area (Å²) in [6, 6.07) is 1.75. The Balaban J connectivity index is 1.90. The van der Waals surface area contributed by atoms with Gasteiger partial charge in [-0.2, -0.15) is 0 Å². The fraction of sp³-hybridized carbons (Fsp3) is 1.00. The van der Waals surface area contributed by atoms with E-state index in [0.717, 1.165) is 18.0 Å². The summed E-state index contributed by atoms with van der Waals surface area (Å²) in [6.45, 7) is 8.55. The Kier molecular flexibility index (Phi) is 2.13.